The van der Waals surface area contributed by atoms with Gasteiger partial charge in [0.2, 0.25) is 5.91 Å². The van der Waals surface area contributed by atoms with Crippen molar-refractivity contribution in [3.05, 3.63) is 108 Å². The molecule has 0 heterocycles. The molecule has 156 valence electrons. The molecule has 3 aromatic rings. The lowest BCUT2D eigenvalue weighted by Gasteiger charge is -2.17. The highest BCUT2D eigenvalue weighted by Gasteiger charge is 2.15. The summed E-state index contributed by atoms with van der Waals surface area (Å²) in [7, 11) is 0. The lowest BCUT2D eigenvalue weighted by molar-refractivity contribution is -0.115. The standard InChI is InChI=1S/C25H23N3O2S/c1-18(20-12-6-3-7-13-20)26-24(30)21-14-8-9-15-22(21)27-25(31)28-23(29)17-16-19-10-4-2-5-11-19/h2-18H,1H3,(H,26,30)(H2,27,28,29,31). The van der Waals surface area contributed by atoms with E-state index in [-0.39, 0.29) is 23.0 Å². The molecule has 0 spiro atoms. The van der Waals surface area contributed by atoms with E-state index in [4.69, 9.17) is 12.2 Å². The van der Waals surface area contributed by atoms with Crippen molar-refractivity contribution in [3.8, 4) is 0 Å². The van der Waals surface area contributed by atoms with Crippen LogP contribution in [0.4, 0.5) is 5.69 Å². The quantitative estimate of drug-likeness (QED) is 0.392. The first kappa shape index (κ1) is 21.9. The molecule has 0 fully saturated rings. The summed E-state index contributed by atoms with van der Waals surface area (Å²) in [4.78, 5) is 25.0. The van der Waals surface area contributed by atoms with Crippen molar-refractivity contribution in [2.75, 3.05) is 5.32 Å². The van der Waals surface area contributed by atoms with Crippen LogP contribution < -0.4 is 16.0 Å². The molecular formula is C25H23N3O2S. The van der Waals surface area contributed by atoms with E-state index in [0.29, 0.717) is 11.3 Å². The van der Waals surface area contributed by atoms with Gasteiger partial charge in [0, 0.05) is 6.08 Å². The van der Waals surface area contributed by atoms with E-state index >= 15 is 0 Å². The first-order chi connectivity index (χ1) is 15.0. The molecule has 0 saturated carbocycles. The van der Waals surface area contributed by atoms with Crippen LogP contribution in [0.3, 0.4) is 0 Å². The van der Waals surface area contributed by atoms with Gasteiger partial charge < -0.3 is 10.6 Å². The highest BCUT2D eigenvalue weighted by Crippen LogP contribution is 2.18. The number of amides is 2. The fourth-order valence-corrected chi connectivity index (χ4v) is 3.14. The number of hydrogen-bond acceptors (Lipinski definition) is 3. The van der Waals surface area contributed by atoms with Gasteiger partial charge in [-0.25, -0.2) is 0 Å². The first-order valence-electron chi connectivity index (χ1n) is 9.83. The minimum atomic E-state index is -0.360. The van der Waals surface area contributed by atoms with Crippen molar-refractivity contribution < 1.29 is 9.59 Å². The Morgan fingerprint density at radius 2 is 1.48 bits per heavy atom. The maximum Gasteiger partial charge on any atom is 0.253 e. The summed E-state index contributed by atoms with van der Waals surface area (Å²) in [6.45, 7) is 1.92. The minimum absolute atomic E-state index is 0.110. The summed E-state index contributed by atoms with van der Waals surface area (Å²) in [5, 5.41) is 8.63. The Morgan fingerprint density at radius 1 is 0.871 bits per heavy atom. The molecule has 0 aliphatic heterocycles. The SMILES string of the molecule is CC(NC(=O)c1ccccc1NC(=S)NC(=O)C=Cc1ccccc1)c1ccccc1. The lowest BCUT2D eigenvalue weighted by atomic mass is 10.1. The molecule has 1 atom stereocenters. The van der Waals surface area contributed by atoms with Gasteiger partial charge in [-0.2, -0.15) is 0 Å². The molecule has 0 aromatic heterocycles. The molecule has 31 heavy (non-hydrogen) atoms. The van der Waals surface area contributed by atoms with Crippen LogP contribution in [-0.4, -0.2) is 16.9 Å². The molecule has 0 aliphatic carbocycles. The fraction of sp³-hybridized carbons (Fsp3) is 0.0800. The summed E-state index contributed by atoms with van der Waals surface area (Å²) in [5.74, 6) is -0.599. The number of hydrogen-bond donors (Lipinski definition) is 3. The summed E-state index contributed by atoms with van der Waals surface area (Å²) < 4.78 is 0. The van der Waals surface area contributed by atoms with Crippen LogP contribution in [0.15, 0.2) is 91.0 Å². The monoisotopic (exact) mass is 429 g/mol. The van der Waals surface area contributed by atoms with E-state index in [1.165, 1.54) is 6.08 Å². The number of thiocarbonyl (C=S) groups is 1. The number of nitrogens with one attached hydrogen (secondary N) is 3. The van der Waals surface area contributed by atoms with Crippen molar-refractivity contribution in [2.24, 2.45) is 0 Å². The van der Waals surface area contributed by atoms with Gasteiger partial charge in [0.1, 0.15) is 0 Å². The highest BCUT2D eigenvalue weighted by molar-refractivity contribution is 7.80. The summed E-state index contributed by atoms with van der Waals surface area (Å²) in [5.41, 5.74) is 2.86. The van der Waals surface area contributed by atoms with Crippen molar-refractivity contribution in [1.82, 2.24) is 10.6 Å². The van der Waals surface area contributed by atoms with Crippen LogP contribution in [0.2, 0.25) is 0 Å². The fourth-order valence-electron chi connectivity index (χ4n) is 2.93. The van der Waals surface area contributed by atoms with E-state index in [0.717, 1.165) is 11.1 Å². The molecule has 6 heteroatoms. The molecule has 0 bridgehead atoms. The zero-order chi connectivity index (χ0) is 22.1. The largest absolute Gasteiger partial charge is 0.345 e. The van der Waals surface area contributed by atoms with E-state index in [2.05, 4.69) is 16.0 Å². The van der Waals surface area contributed by atoms with Gasteiger partial charge in [-0.15, -0.1) is 0 Å². The first-order valence-corrected chi connectivity index (χ1v) is 10.2. The van der Waals surface area contributed by atoms with E-state index < -0.39 is 0 Å². The lowest BCUT2D eigenvalue weighted by Crippen LogP contribution is -2.34. The van der Waals surface area contributed by atoms with Crippen LogP contribution >= 0.6 is 12.2 Å². The maximum absolute atomic E-state index is 12.8. The van der Waals surface area contributed by atoms with E-state index in [9.17, 15) is 9.59 Å². The second-order valence-electron chi connectivity index (χ2n) is 6.84. The van der Waals surface area contributed by atoms with E-state index in [1.54, 1.807) is 30.3 Å². The van der Waals surface area contributed by atoms with Gasteiger partial charge >= 0.3 is 0 Å². The van der Waals surface area contributed by atoms with Gasteiger partial charge in [0.25, 0.3) is 5.91 Å². The molecule has 5 nitrogen and oxygen atoms in total. The van der Waals surface area contributed by atoms with Gasteiger partial charge in [0.05, 0.1) is 17.3 Å². The van der Waals surface area contributed by atoms with Crippen LogP contribution in [0.25, 0.3) is 6.08 Å². The Balaban J connectivity index is 1.61. The second-order valence-corrected chi connectivity index (χ2v) is 7.25. The zero-order valence-electron chi connectivity index (χ0n) is 17.0. The third-order valence-corrected chi connectivity index (χ3v) is 4.73. The Bertz CT molecular complexity index is 1080. The summed E-state index contributed by atoms with van der Waals surface area (Å²) in [6, 6.07) is 26.1. The molecular weight excluding hydrogens is 406 g/mol. The van der Waals surface area contributed by atoms with Gasteiger partial charge in [-0.3, -0.25) is 14.9 Å². The number of rotatable bonds is 6. The molecule has 0 aliphatic rings. The summed E-state index contributed by atoms with van der Waals surface area (Å²) >= 11 is 5.25. The Hall–Kier alpha value is -3.77. The highest BCUT2D eigenvalue weighted by atomic mass is 32.1. The Kier molecular flexibility index (Phi) is 7.67. The average Bonchev–Trinajstić information content (AvgIpc) is 2.79. The molecule has 1 unspecified atom stereocenters. The number of anilines is 1. The Morgan fingerprint density at radius 3 is 2.19 bits per heavy atom. The third-order valence-electron chi connectivity index (χ3n) is 4.53. The maximum atomic E-state index is 12.8. The van der Waals surface area contributed by atoms with Crippen molar-refractivity contribution >= 4 is 40.9 Å². The number of carbonyl (C=O) groups excluding carboxylic acids is 2. The molecule has 2 amide bonds. The number of benzene rings is 3. The summed E-state index contributed by atoms with van der Waals surface area (Å²) in [6.07, 6.45) is 3.10. The topological polar surface area (TPSA) is 70.2 Å². The molecule has 3 N–H and O–H groups in total. The molecule has 0 radical (unpaired) electrons. The number of para-hydroxylation sites is 1. The predicted octanol–water partition coefficient (Wildman–Crippen LogP) is 4.70. The van der Waals surface area contributed by atoms with Crippen LogP contribution in [0.1, 0.15) is 34.5 Å². The van der Waals surface area contributed by atoms with Gasteiger partial charge in [-0.05, 0) is 48.5 Å². The van der Waals surface area contributed by atoms with Crippen LogP contribution in [-0.2, 0) is 4.79 Å². The molecule has 3 aromatic carbocycles. The zero-order valence-corrected chi connectivity index (χ0v) is 17.9. The van der Waals surface area contributed by atoms with Gasteiger partial charge in [0.15, 0.2) is 5.11 Å². The normalized spacial score (nSPS) is 11.5. The van der Waals surface area contributed by atoms with E-state index in [1.807, 2.05) is 67.6 Å². The van der Waals surface area contributed by atoms with Crippen molar-refractivity contribution in [1.29, 1.82) is 0 Å². The minimum Gasteiger partial charge on any atom is -0.345 e. The second kappa shape index (κ2) is 10.8. The molecule has 3 rings (SSSR count). The van der Waals surface area contributed by atoms with Crippen molar-refractivity contribution in [2.45, 2.75) is 13.0 Å². The van der Waals surface area contributed by atoms with Crippen molar-refractivity contribution in [3.63, 3.8) is 0 Å². The molecule has 0 saturated heterocycles. The smallest absolute Gasteiger partial charge is 0.253 e. The predicted molar refractivity (Wildman–Crippen MR) is 129 cm³/mol. The Labute approximate surface area is 187 Å². The number of carbonyl (C=O) groups is 2. The van der Waals surface area contributed by atoms with Gasteiger partial charge in [-0.1, -0.05) is 72.8 Å². The van der Waals surface area contributed by atoms with Crippen LogP contribution in [0.5, 0.6) is 0 Å². The third kappa shape index (κ3) is 6.62. The average molecular weight is 430 g/mol. The van der Waals surface area contributed by atoms with Crippen LogP contribution in [0, 0.1) is 0 Å².